The van der Waals surface area contributed by atoms with Crippen LogP contribution in [0.25, 0.3) is 11.1 Å². The molecule has 47 heavy (non-hydrogen) atoms. The number of ether oxygens (including phenoxy) is 1. The molecule has 1 fully saturated rings. The minimum atomic E-state index is -0.564. The van der Waals surface area contributed by atoms with Gasteiger partial charge in [-0.25, -0.2) is 9.59 Å². The third-order valence-corrected chi connectivity index (χ3v) is 9.08. The van der Waals surface area contributed by atoms with Crippen molar-refractivity contribution < 1.29 is 14.3 Å². The number of amides is 2. The maximum Gasteiger partial charge on any atom is 0.339 e. The van der Waals surface area contributed by atoms with Gasteiger partial charge in [0.1, 0.15) is 5.60 Å². The summed E-state index contributed by atoms with van der Waals surface area (Å²) in [6.07, 6.45) is 1.97. The molecule has 7 nitrogen and oxygen atoms in total. The Kier molecular flexibility index (Phi) is 9.26. The molecule has 2 heterocycles. The second-order valence-corrected chi connectivity index (χ2v) is 13.7. The third kappa shape index (κ3) is 7.14. The van der Waals surface area contributed by atoms with Crippen LogP contribution in [-0.4, -0.2) is 48.3 Å². The smallest absolute Gasteiger partial charge is 0.339 e. The Hall–Kier alpha value is -4.78. The summed E-state index contributed by atoms with van der Waals surface area (Å²) in [5.74, 6) is -0.317. The van der Waals surface area contributed by atoms with Crippen LogP contribution in [0, 0.1) is 0 Å². The minimum absolute atomic E-state index is 0.0608. The van der Waals surface area contributed by atoms with Crippen molar-refractivity contribution in [2.24, 2.45) is 0 Å². The maximum absolute atomic E-state index is 13.7. The fraction of sp³-hybridized carbons (Fsp3) is 0.350. The number of anilines is 3. The molecule has 1 unspecified atom stereocenters. The molecular formula is C40H46N4O3. The van der Waals surface area contributed by atoms with Gasteiger partial charge in [-0.1, -0.05) is 79.7 Å². The first kappa shape index (κ1) is 32.2. The number of esters is 1. The van der Waals surface area contributed by atoms with E-state index in [0.29, 0.717) is 24.7 Å². The summed E-state index contributed by atoms with van der Waals surface area (Å²) in [5.41, 5.74) is 7.45. The van der Waals surface area contributed by atoms with E-state index in [4.69, 9.17) is 4.74 Å². The van der Waals surface area contributed by atoms with E-state index < -0.39 is 5.60 Å². The molecule has 1 saturated heterocycles. The lowest BCUT2D eigenvalue weighted by Gasteiger charge is -2.36. The van der Waals surface area contributed by atoms with Crippen LogP contribution in [0.4, 0.5) is 21.9 Å². The normalized spacial score (nSPS) is 15.6. The highest BCUT2D eigenvalue weighted by atomic mass is 16.6. The van der Waals surface area contributed by atoms with Gasteiger partial charge in [-0.15, -0.1) is 0 Å². The van der Waals surface area contributed by atoms with Gasteiger partial charge in [0.2, 0.25) is 0 Å². The van der Waals surface area contributed by atoms with Gasteiger partial charge in [-0.2, -0.15) is 0 Å². The fourth-order valence-electron chi connectivity index (χ4n) is 6.47. The van der Waals surface area contributed by atoms with Crippen LogP contribution in [0.3, 0.4) is 0 Å². The summed E-state index contributed by atoms with van der Waals surface area (Å²) in [5, 5.41) is 0. The molecule has 0 aromatic heterocycles. The monoisotopic (exact) mass is 630 g/mol. The van der Waals surface area contributed by atoms with Gasteiger partial charge in [0.15, 0.2) is 0 Å². The van der Waals surface area contributed by atoms with E-state index in [9.17, 15) is 9.59 Å². The molecule has 2 aliphatic rings. The Bertz CT molecular complexity index is 1710. The topological polar surface area (TPSA) is 56.3 Å². The molecule has 2 amide bonds. The summed E-state index contributed by atoms with van der Waals surface area (Å²) < 4.78 is 5.69. The number of hydrogen-bond acceptors (Lipinski definition) is 5. The van der Waals surface area contributed by atoms with Gasteiger partial charge in [-0.3, -0.25) is 4.90 Å². The van der Waals surface area contributed by atoms with Crippen LogP contribution >= 0.6 is 0 Å². The molecule has 0 spiro atoms. The highest BCUT2D eigenvalue weighted by Gasteiger charge is 2.32. The van der Waals surface area contributed by atoms with E-state index in [-0.39, 0.29) is 12.0 Å². The molecule has 0 radical (unpaired) electrons. The number of fused-ring (bicyclic) bond motifs is 1. The lowest BCUT2D eigenvalue weighted by Crippen LogP contribution is -2.49. The molecule has 0 aliphatic carbocycles. The molecule has 6 rings (SSSR count). The lowest BCUT2D eigenvalue weighted by atomic mass is 9.98. The second-order valence-electron chi connectivity index (χ2n) is 13.7. The van der Waals surface area contributed by atoms with Gasteiger partial charge in [-0.05, 0) is 87.1 Å². The Morgan fingerprint density at radius 2 is 1.49 bits per heavy atom. The molecule has 0 saturated carbocycles. The highest BCUT2D eigenvalue weighted by Crippen LogP contribution is 2.42. The van der Waals surface area contributed by atoms with Crippen LogP contribution < -0.4 is 14.7 Å². The second kappa shape index (κ2) is 13.5. The van der Waals surface area contributed by atoms with Crippen molar-refractivity contribution >= 4 is 29.1 Å². The zero-order chi connectivity index (χ0) is 33.1. The Labute approximate surface area is 279 Å². The number of carbonyl (C=O) groups excluding carboxylic acids is 2. The molecule has 7 heteroatoms. The number of carbonyl (C=O) groups is 2. The molecule has 4 aromatic carbocycles. The molecule has 1 atom stereocenters. The molecule has 2 aliphatic heterocycles. The predicted molar refractivity (Wildman–Crippen MR) is 191 cm³/mol. The van der Waals surface area contributed by atoms with E-state index in [1.807, 2.05) is 73.0 Å². The Balaban J connectivity index is 1.24. The summed E-state index contributed by atoms with van der Waals surface area (Å²) in [6.45, 7) is 13.8. The number of nitrogens with zero attached hydrogens (tertiary/aromatic N) is 4. The average molecular weight is 631 g/mol. The van der Waals surface area contributed by atoms with E-state index >= 15 is 0 Å². The molecule has 0 bridgehead atoms. The van der Waals surface area contributed by atoms with Crippen LogP contribution in [0.15, 0.2) is 97.1 Å². The summed E-state index contributed by atoms with van der Waals surface area (Å²) in [7, 11) is 0. The van der Waals surface area contributed by atoms with Crippen molar-refractivity contribution in [3.8, 4) is 11.1 Å². The van der Waals surface area contributed by atoms with Gasteiger partial charge in [0, 0.05) is 37.9 Å². The largest absolute Gasteiger partial charge is 0.456 e. The van der Waals surface area contributed by atoms with Gasteiger partial charge < -0.3 is 19.4 Å². The van der Waals surface area contributed by atoms with Crippen LogP contribution in [0.2, 0.25) is 0 Å². The number of rotatable bonds is 9. The number of hydrogen-bond donors (Lipinski definition) is 0. The van der Waals surface area contributed by atoms with Crippen molar-refractivity contribution in [2.45, 2.75) is 72.2 Å². The minimum Gasteiger partial charge on any atom is -0.456 e. The Morgan fingerprint density at radius 1 is 0.809 bits per heavy atom. The maximum atomic E-state index is 13.7. The van der Waals surface area contributed by atoms with E-state index in [1.54, 1.807) is 0 Å². The molecule has 244 valence electrons. The van der Waals surface area contributed by atoms with Crippen LogP contribution in [0.5, 0.6) is 0 Å². The average Bonchev–Trinajstić information content (AvgIpc) is 3.42. The first-order valence-corrected chi connectivity index (χ1v) is 16.8. The van der Waals surface area contributed by atoms with Crippen LogP contribution in [0.1, 0.15) is 68.9 Å². The van der Waals surface area contributed by atoms with Gasteiger partial charge in [0.25, 0.3) is 0 Å². The van der Waals surface area contributed by atoms with Crippen LogP contribution in [-0.2, 0) is 17.8 Å². The van der Waals surface area contributed by atoms with Crippen molar-refractivity contribution in [1.82, 2.24) is 4.90 Å². The number of benzene rings is 4. The van der Waals surface area contributed by atoms with Gasteiger partial charge in [0.05, 0.1) is 23.6 Å². The van der Waals surface area contributed by atoms with Crippen molar-refractivity contribution in [1.29, 1.82) is 0 Å². The van der Waals surface area contributed by atoms with Gasteiger partial charge >= 0.3 is 12.0 Å². The van der Waals surface area contributed by atoms with Crippen molar-refractivity contribution in [3.05, 3.63) is 114 Å². The zero-order valence-electron chi connectivity index (χ0n) is 28.3. The lowest BCUT2D eigenvalue weighted by molar-refractivity contribution is 0.00704. The predicted octanol–water partition coefficient (Wildman–Crippen LogP) is 8.72. The first-order chi connectivity index (χ1) is 22.6. The molecule has 0 N–H and O–H groups in total. The van der Waals surface area contributed by atoms with E-state index in [0.717, 1.165) is 60.7 Å². The quantitative estimate of drug-likeness (QED) is 0.173. The number of urea groups is 1. The summed E-state index contributed by atoms with van der Waals surface area (Å²) >= 11 is 0. The SMILES string of the molecule is CCC(C)N1CN(Cc2ccc(-c3ccccc3C(=O)OC(C)(C)C)cc2)c2cc(N3CCCN(Cc4ccccc4)C3=O)ccc21. The fourth-order valence-corrected chi connectivity index (χ4v) is 6.47. The van der Waals surface area contributed by atoms with E-state index in [2.05, 4.69) is 78.2 Å². The van der Waals surface area contributed by atoms with Crippen molar-refractivity contribution in [3.63, 3.8) is 0 Å². The zero-order valence-corrected chi connectivity index (χ0v) is 28.3. The van der Waals surface area contributed by atoms with Crippen molar-refractivity contribution in [2.75, 3.05) is 34.5 Å². The molecular weight excluding hydrogens is 584 g/mol. The first-order valence-electron chi connectivity index (χ1n) is 16.8. The summed E-state index contributed by atoms with van der Waals surface area (Å²) in [6, 6.07) is 33.3. The Morgan fingerprint density at radius 3 is 2.21 bits per heavy atom. The highest BCUT2D eigenvalue weighted by molar-refractivity contribution is 5.97. The summed E-state index contributed by atoms with van der Waals surface area (Å²) in [4.78, 5) is 35.4. The standard InChI is InChI=1S/C40H46N4O3/c1-6-29(2)44-28-42(27-31-17-19-32(20-18-31)34-15-10-11-16-35(34)38(45)47-40(3,4)5)37-25-33(21-22-36(37)44)43-24-12-23-41(39(43)46)26-30-13-8-7-9-14-30/h7-11,13-22,25,29H,6,12,23-24,26-28H2,1-5H3. The molecule has 4 aromatic rings. The third-order valence-electron chi connectivity index (χ3n) is 9.08. The van der Waals surface area contributed by atoms with E-state index in [1.165, 1.54) is 11.3 Å².